The SMILES string of the molecule is C=C(NCc1ccc(F)cc1-n1ncnc1C)c1nc2n(c(=O)c1O)CCOCC2(C)C. The van der Waals surface area contributed by atoms with E-state index in [1.165, 1.54) is 27.7 Å². The number of benzene rings is 1. The van der Waals surface area contributed by atoms with Gasteiger partial charge in [0.1, 0.15) is 29.5 Å². The monoisotopic (exact) mass is 440 g/mol. The van der Waals surface area contributed by atoms with Gasteiger partial charge in [-0.05, 0) is 24.6 Å². The smallest absolute Gasteiger partial charge is 0.296 e. The van der Waals surface area contributed by atoms with Crippen LogP contribution in [0.25, 0.3) is 11.4 Å². The number of ether oxygens (including phenoxy) is 1. The van der Waals surface area contributed by atoms with Crippen LogP contribution in [0, 0.1) is 12.7 Å². The predicted octanol–water partition coefficient (Wildman–Crippen LogP) is 2.05. The highest BCUT2D eigenvalue weighted by atomic mass is 19.1. The Balaban J connectivity index is 1.66. The molecule has 9 nitrogen and oxygen atoms in total. The molecule has 2 N–H and O–H groups in total. The van der Waals surface area contributed by atoms with E-state index in [0.717, 1.165) is 5.56 Å². The van der Waals surface area contributed by atoms with Gasteiger partial charge in [0.2, 0.25) is 5.75 Å². The maximum absolute atomic E-state index is 13.9. The second kappa shape index (κ2) is 8.19. The van der Waals surface area contributed by atoms with Crippen molar-refractivity contribution < 1.29 is 14.2 Å². The molecule has 0 atom stereocenters. The molecular weight excluding hydrogens is 415 g/mol. The van der Waals surface area contributed by atoms with Gasteiger partial charge >= 0.3 is 0 Å². The second-order valence-corrected chi connectivity index (χ2v) is 8.35. The van der Waals surface area contributed by atoms with E-state index in [-0.39, 0.29) is 17.9 Å². The van der Waals surface area contributed by atoms with E-state index in [1.54, 1.807) is 13.0 Å². The highest BCUT2D eigenvalue weighted by Gasteiger charge is 2.31. The second-order valence-electron chi connectivity index (χ2n) is 8.35. The minimum absolute atomic E-state index is 0.0804. The van der Waals surface area contributed by atoms with Crippen LogP contribution in [0.1, 0.15) is 36.8 Å². The fourth-order valence-corrected chi connectivity index (χ4v) is 3.73. The summed E-state index contributed by atoms with van der Waals surface area (Å²) in [5, 5.41) is 17.8. The molecule has 1 aliphatic heterocycles. The van der Waals surface area contributed by atoms with Crippen LogP contribution in [0.3, 0.4) is 0 Å². The first-order valence-electron chi connectivity index (χ1n) is 10.2. The first-order valence-corrected chi connectivity index (χ1v) is 10.2. The third-order valence-corrected chi connectivity index (χ3v) is 5.44. The standard InChI is InChI=1S/C22H25FN6O3/c1-13(18-19(30)20(31)28-7-8-32-11-22(3,4)21(28)27-18)24-10-15-5-6-16(23)9-17(15)29-14(2)25-12-26-29/h5-6,9,12,24,30H,1,7-8,10-11H2,2-4H3. The van der Waals surface area contributed by atoms with E-state index >= 15 is 0 Å². The van der Waals surface area contributed by atoms with Gasteiger partial charge in [0, 0.05) is 12.0 Å². The predicted molar refractivity (Wildman–Crippen MR) is 116 cm³/mol. The zero-order chi connectivity index (χ0) is 23.0. The molecule has 4 rings (SSSR count). The average molecular weight is 440 g/mol. The number of fused-ring (bicyclic) bond motifs is 1. The van der Waals surface area contributed by atoms with Crippen LogP contribution in [0.15, 0.2) is 35.9 Å². The Bertz CT molecular complexity index is 1250. The van der Waals surface area contributed by atoms with Crippen LogP contribution in [0.2, 0.25) is 0 Å². The van der Waals surface area contributed by atoms with Crippen LogP contribution in [-0.2, 0) is 23.2 Å². The highest BCUT2D eigenvalue weighted by Crippen LogP contribution is 2.27. The number of hydrogen-bond donors (Lipinski definition) is 2. The molecule has 1 aromatic carbocycles. The van der Waals surface area contributed by atoms with E-state index in [0.29, 0.717) is 37.1 Å². The molecule has 168 valence electrons. The molecule has 0 radical (unpaired) electrons. The molecule has 0 bridgehead atoms. The topological polar surface area (TPSA) is 107 Å². The van der Waals surface area contributed by atoms with Gasteiger partial charge in [-0.25, -0.2) is 19.0 Å². The summed E-state index contributed by atoms with van der Waals surface area (Å²) >= 11 is 0. The molecule has 0 saturated carbocycles. The van der Waals surface area contributed by atoms with Crippen molar-refractivity contribution in [2.24, 2.45) is 0 Å². The van der Waals surface area contributed by atoms with Crippen molar-refractivity contribution in [2.75, 3.05) is 13.2 Å². The Hall–Kier alpha value is -3.53. The van der Waals surface area contributed by atoms with Crippen molar-refractivity contribution >= 4 is 5.70 Å². The van der Waals surface area contributed by atoms with E-state index in [2.05, 4.69) is 27.0 Å². The molecule has 10 heteroatoms. The lowest BCUT2D eigenvalue weighted by Gasteiger charge is -2.24. The number of nitrogens with zero attached hydrogens (tertiary/aromatic N) is 5. The summed E-state index contributed by atoms with van der Waals surface area (Å²) in [6.07, 6.45) is 1.40. The molecular formula is C22H25FN6O3. The van der Waals surface area contributed by atoms with Crippen molar-refractivity contribution in [1.29, 1.82) is 0 Å². The Labute approximate surface area is 184 Å². The quantitative estimate of drug-likeness (QED) is 0.625. The van der Waals surface area contributed by atoms with Crippen LogP contribution in [0.4, 0.5) is 4.39 Å². The normalized spacial score (nSPS) is 15.1. The molecule has 32 heavy (non-hydrogen) atoms. The zero-order valence-corrected chi connectivity index (χ0v) is 18.2. The van der Waals surface area contributed by atoms with Gasteiger partial charge in [-0.3, -0.25) is 9.36 Å². The Morgan fingerprint density at radius 3 is 2.91 bits per heavy atom. The lowest BCUT2D eigenvalue weighted by Crippen LogP contribution is -2.34. The summed E-state index contributed by atoms with van der Waals surface area (Å²) in [5.41, 5.74) is 0.546. The van der Waals surface area contributed by atoms with Gasteiger partial charge in [0.15, 0.2) is 0 Å². The zero-order valence-electron chi connectivity index (χ0n) is 18.2. The fourth-order valence-electron chi connectivity index (χ4n) is 3.73. The summed E-state index contributed by atoms with van der Waals surface area (Å²) in [4.78, 5) is 21.5. The Morgan fingerprint density at radius 2 is 2.19 bits per heavy atom. The summed E-state index contributed by atoms with van der Waals surface area (Å²) in [7, 11) is 0. The number of aromatic nitrogens is 5. The van der Waals surface area contributed by atoms with E-state index in [9.17, 15) is 14.3 Å². The van der Waals surface area contributed by atoms with Gasteiger partial charge in [0.25, 0.3) is 5.56 Å². The van der Waals surface area contributed by atoms with Crippen molar-refractivity contribution in [2.45, 2.75) is 39.3 Å². The van der Waals surface area contributed by atoms with E-state index in [4.69, 9.17) is 4.74 Å². The number of aryl methyl sites for hydroxylation is 1. The van der Waals surface area contributed by atoms with Gasteiger partial charge in [-0.15, -0.1) is 0 Å². The Morgan fingerprint density at radius 1 is 1.41 bits per heavy atom. The highest BCUT2D eigenvalue weighted by molar-refractivity contribution is 5.63. The summed E-state index contributed by atoms with van der Waals surface area (Å²) in [5.74, 6) is 0.255. The van der Waals surface area contributed by atoms with Gasteiger partial charge in [0.05, 0.1) is 31.1 Å². The van der Waals surface area contributed by atoms with Gasteiger partial charge < -0.3 is 15.2 Å². The first-order chi connectivity index (χ1) is 15.2. The van der Waals surface area contributed by atoms with Crippen molar-refractivity contribution in [3.63, 3.8) is 0 Å². The van der Waals surface area contributed by atoms with Crippen molar-refractivity contribution in [1.82, 2.24) is 29.6 Å². The van der Waals surface area contributed by atoms with E-state index < -0.39 is 22.5 Å². The molecule has 3 aromatic rings. The molecule has 0 amide bonds. The third-order valence-electron chi connectivity index (χ3n) is 5.44. The number of hydrogen-bond acceptors (Lipinski definition) is 7. The first kappa shape index (κ1) is 21.7. The number of nitrogens with one attached hydrogen (secondary N) is 1. The third kappa shape index (κ3) is 3.89. The summed E-state index contributed by atoms with van der Waals surface area (Å²) in [6.45, 7) is 10.9. The van der Waals surface area contributed by atoms with Gasteiger partial charge in [-0.1, -0.05) is 26.5 Å². The van der Waals surface area contributed by atoms with Crippen molar-refractivity contribution in [3.8, 4) is 11.4 Å². The number of rotatable bonds is 5. The van der Waals surface area contributed by atoms with Crippen LogP contribution < -0.4 is 10.9 Å². The van der Waals surface area contributed by atoms with Crippen LogP contribution in [0.5, 0.6) is 5.75 Å². The molecule has 0 aliphatic carbocycles. The molecule has 0 fully saturated rings. The lowest BCUT2D eigenvalue weighted by atomic mass is 9.93. The summed E-state index contributed by atoms with van der Waals surface area (Å²) in [6, 6.07) is 4.35. The van der Waals surface area contributed by atoms with Crippen LogP contribution in [-0.4, -0.2) is 42.6 Å². The van der Waals surface area contributed by atoms with Gasteiger partial charge in [-0.2, -0.15) is 5.10 Å². The molecule has 3 heterocycles. The minimum Gasteiger partial charge on any atom is -0.501 e. The van der Waals surface area contributed by atoms with Crippen LogP contribution >= 0.6 is 0 Å². The summed E-state index contributed by atoms with van der Waals surface area (Å²) < 4.78 is 22.5. The number of aromatic hydroxyl groups is 1. The molecule has 1 aliphatic rings. The minimum atomic E-state index is -0.535. The fraction of sp³-hybridized carbons (Fsp3) is 0.364. The average Bonchev–Trinajstić information content (AvgIpc) is 3.11. The number of halogens is 1. The maximum Gasteiger partial charge on any atom is 0.296 e. The molecule has 2 aromatic heterocycles. The van der Waals surface area contributed by atoms with Crippen molar-refractivity contribution in [3.05, 3.63) is 70.2 Å². The maximum atomic E-state index is 13.9. The molecule has 0 unspecified atom stereocenters. The lowest BCUT2D eigenvalue weighted by molar-refractivity contribution is 0.103. The molecule has 0 saturated heterocycles. The Kier molecular flexibility index (Phi) is 5.55. The largest absolute Gasteiger partial charge is 0.501 e. The molecule has 0 spiro atoms. The van der Waals surface area contributed by atoms with E-state index in [1.807, 2.05) is 13.8 Å².